The van der Waals surface area contributed by atoms with Crippen molar-refractivity contribution < 1.29 is 0 Å². The molecule has 0 N–H and O–H groups in total. The molecule has 3 heteroatoms. The lowest BCUT2D eigenvalue weighted by Crippen LogP contribution is -1.85. The Balaban J connectivity index is 2.86. The smallest absolute Gasteiger partial charge is 0.145 e. The average Bonchev–Trinajstić information content (AvgIpc) is 2.36. The summed E-state index contributed by atoms with van der Waals surface area (Å²) in [4.78, 5) is 4.11. The van der Waals surface area contributed by atoms with Crippen LogP contribution in [0, 0.1) is 13.0 Å². The summed E-state index contributed by atoms with van der Waals surface area (Å²) in [6, 6.07) is 3.14. The zero-order valence-corrected chi connectivity index (χ0v) is 7.59. The maximum atomic E-state index is 4.11. The molecule has 0 saturated heterocycles. The van der Waals surface area contributed by atoms with E-state index in [0.717, 1.165) is 15.7 Å². The second-order valence-electron chi connectivity index (χ2n) is 2.39. The van der Waals surface area contributed by atoms with Gasteiger partial charge in [0.1, 0.15) is 5.65 Å². The van der Waals surface area contributed by atoms with Crippen LogP contribution < -0.4 is 0 Å². The third-order valence-corrected chi connectivity index (χ3v) is 2.38. The highest BCUT2D eigenvalue weighted by molar-refractivity contribution is 9.10. The molecule has 0 aromatic carbocycles. The Hall–Kier alpha value is -0.830. The van der Waals surface area contributed by atoms with Crippen molar-refractivity contribution in [2.24, 2.45) is 0 Å². The van der Waals surface area contributed by atoms with Gasteiger partial charge in [-0.05, 0) is 28.4 Å². The van der Waals surface area contributed by atoms with Gasteiger partial charge in [-0.3, -0.25) is 0 Å². The molecule has 2 aromatic rings. The van der Waals surface area contributed by atoms with Crippen LogP contribution in [0.3, 0.4) is 0 Å². The lowest BCUT2D eigenvalue weighted by Gasteiger charge is -1.97. The van der Waals surface area contributed by atoms with Gasteiger partial charge in [0, 0.05) is 29.1 Å². The SMILES string of the molecule is Cc1[c]c2nccn2cc1Br. The molecular weight excluding hydrogens is 204 g/mol. The number of halogens is 1. The van der Waals surface area contributed by atoms with E-state index in [9.17, 15) is 0 Å². The predicted octanol–water partition coefficient (Wildman–Crippen LogP) is 2.21. The van der Waals surface area contributed by atoms with Crippen molar-refractivity contribution in [3.05, 3.63) is 34.7 Å². The zero-order chi connectivity index (χ0) is 7.84. The maximum absolute atomic E-state index is 4.11. The molecule has 0 amide bonds. The largest absolute Gasteiger partial charge is 0.305 e. The van der Waals surface area contributed by atoms with E-state index in [-0.39, 0.29) is 0 Å². The lowest BCUT2D eigenvalue weighted by atomic mass is 10.3. The fraction of sp³-hybridized carbons (Fsp3) is 0.125. The molecule has 0 fully saturated rings. The number of nitrogens with zero attached hydrogens (tertiary/aromatic N) is 2. The summed E-state index contributed by atoms with van der Waals surface area (Å²) in [5, 5.41) is 0. The second-order valence-corrected chi connectivity index (χ2v) is 3.24. The molecule has 1 radical (unpaired) electrons. The van der Waals surface area contributed by atoms with E-state index in [4.69, 9.17) is 0 Å². The first kappa shape index (κ1) is 6.85. The molecule has 0 spiro atoms. The van der Waals surface area contributed by atoms with Gasteiger partial charge in [0.2, 0.25) is 0 Å². The number of hydrogen-bond acceptors (Lipinski definition) is 1. The van der Waals surface area contributed by atoms with E-state index < -0.39 is 0 Å². The summed E-state index contributed by atoms with van der Waals surface area (Å²) < 4.78 is 2.99. The van der Waals surface area contributed by atoms with Crippen molar-refractivity contribution >= 4 is 21.6 Å². The molecule has 2 rings (SSSR count). The van der Waals surface area contributed by atoms with Crippen LogP contribution in [0.2, 0.25) is 0 Å². The summed E-state index contributed by atoms with van der Waals surface area (Å²) in [5.41, 5.74) is 1.95. The van der Waals surface area contributed by atoms with E-state index in [2.05, 4.69) is 27.0 Å². The topological polar surface area (TPSA) is 17.3 Å². The Kier molecular flexibility index (Phi) is 1.46. The number of imidazole rings is 1. The van der Waals surface area contributed by atoms with E-state index in [0.29, 0.717) is 0 Å². The van der Waals surface area contributed by atoms with Gasteiger partial charge >= 0.3 is 0 Å². The van der Waals surface area contributed by atoms with Gasteiger partial charge < -0.3 is 4.40 Å². The number of aryl methyl sites for hydroxylation is 1. The van der Waals surface area contributed by atoms with Gasteiger partial charge in [-0.25, -0.2) is 4.98 Å². The first-order valence-electron chi connectivity index (χ1n) is 3.28. The average molecular weight is 210 g/mol. The summed E-state index contributed by atoms with van der Waals surface area (Å²) in [7, 11) is 0. The van der Waals surface area contributed by atoms with Gasteiger partial charge in [-0.15, -0.1) is 0 Å². The quantitative estimate of drug-likeness (QED) is 0.651. The molecule has 0 aliphatic heterocycles. The van der Waals surface area contributed by atoms with E-state index >= 15 is 0 Å². The molecule has 0 unspecified atom stereocenters. The Morgan fingerprint density at radius 3 is 3.27 bits per heavy atom. The second kappa shape index (κ2) is 2.34. The normalized spacial score (nSPS) is 10.7. The first-order chi connectivity index (χ1) is 5.27. The van der Waals surface area contributed by atoms with Crippen molar-refractivity contribution in [1.29, 1.82) is 0 Å². The molecule has 11 heavy (non-hydrogen) atoms. The number of hydrogen-bond donors (Lipinski definition) is 0. The maximum Gasteiger partial charge on any atom is 0.145 e. The van der Waals surface area contributed by atoms with Crippen LogP contribution in [-0.2, 0) is 0 Å². The third kappa shape index (κ3) is 1.05. The summed E-state index contributed by atoms with van der Waals surface area (Å²) >= 11 is 3.42. The molecule has 0 atom stereocenters. The van der Waals surface area contributed by atoms with Crippen molar-refractivity contribution in [2.75, 3.05) is 0 Å². The third-order valence-electron chi connectivity index (χ3n) is 1.58. The summed E-state index contributed by atoms with van der Waals surface area (Å²) in [6.07, 6.45) is 5.64. The van der Waals surface area contributed by atoms with Crippen LogP contribution in [0.1, 0.15) is 5.56 Å². The Bertz CT molecular complexity index is 356. The standard InChI is InChI=1S/C8H6BrN2/c1-6-4-8-10-2-3-11(8)5-7(6)9/h2-3,5H,1H3. The molecule has 2 heterocycles. The minimum atomic E-state index is 0.866. The minimum absolute atomic E-state index is 0.866. The van der Waals surface area contributed by atoms with Gasteiger partial charge in [-0.2, -0.15) is 0 Å². The van der Waals surface area contributed by atoms with Crippen LogP contribution >= 0.6 is 15.9 Å². The first-order valence-corrected chi connectivity index (χ1v) is 4.08. The molecule has 0 aliphatic carbocycles. The molecule has 55 valence electrons. The van der Waals surface area contributed by atoms with Crippen LogP contribution in [-0.4, -0.2) is 9.38 Å². The Morgan fingerprint density at radius 1 is 1.64 bits per heavy atom. The number of fused-ring (bicyclic) bond motifs is 1. The number of pyridine rings is 1. The predicted molar refractivity (Wildman–Crippen MR) is 46.5 cm³/mol. The highest BCUT2D eigenvalue weighted by atomic mass is 79.9. The van der Waals surface area contributed by atoms with Gasteiger partial charge in [-0.1, -0.05) is 0 Å². The van der Waals surface area contributed by atoms with Crippen molar-refractivity contribution in [2.45, 2.75) is 6.92 Å². The van der Waals surface area contributed by atoms with Gasteiger partial charge in [0.25, 0.3) is 0 Å². The molecule has 0 aliphatic rings. The van der Waals surface area contributed by atoms with Crippen LogP contribution in [0.5, 0.6) is 0 Å². The molecule has 2 aromatic heterocycles. The van der Waals surface area contributed by atoms with Gasteiger partial charge in [0.05, 0.1) is 0 Å². The van der Waals surface area contributed by atoms with E-state index in [1.807, 2.05) is 23.7 Å². The highest BCUT2D eigenvalue weighted by Gasteiger charge is 1.98. The molecule has 0 bridgehead atoms. The van der Waals surface area contributed by atoms with Crippen molar-refractivity contribution in [3.63, 3.8) is 0 Å². The fourth-order valence-corrected chi connectivity index (χ4v) is 1.28. The summed E-state index contributed by atoms with van der Waals surface area (Å²) in [5.74, 6) is 0. The van der Waals surface area contributed by atoms with E-state index in [1.54, 1.807) is 6.20 Å². The summed E-state index contributed by atoms with van der Waals surface area (Å²) in [6.45, 7) is 2.00. The Morgan fingerprint density at radius 2 is 2.45 bits per heavy atom. The van der Waals surface area contributed by atoms with E-state index in [1.165, 1.54) is 0 Å². The molecule has 0 saturated carbocycles. The number of aromatic nitrogens is 2. The molecular formula is C8H6BrN2. The van der Waals surface area contributed by atoms with Crippen LogP contribution in [0.4, 0.5) is 0 Å². The number of rotatable bonds is 0. The van der Waals surface area contributed by atoms with Crippen LogP contribution in [0.25, 0.3) is 5.65 Å². The minimum Gasteiger partial charge on any atom is -0.305 e. The van der Waals surface area contributed by atoms with Gasteiger partial charge in [0.15, 0.2) is 0 Å². The van der Waals surface area contributed by atoms with Crippen LogP contribution in [0.15, 0.2) is 23.1 Å². The molecule has 2 nitrogen and oxygen atoms in total. The fourth-order valence-electron chi connectivity index (χ4n) is 0.960. The zero-order valence-electron chi connectivity index (χ0n) is 6.00. The van der Waals surface area contributed by atoms with Crippen molar-refractivity contribution in [3.8, 4) is 0 Å². The monoisotopic (exact) mass is 209 g/mol. The Labute approximate surface area is 73.0 Å². The lowest BCUT2D eigenvalue weighted by molar-refractivity contribution is 1.15. The van der Waals surface area contributed by atoms with Crippen molar-refractivity contribution in [1.82, 2.24) is 9.38 Å². The highest BCUT2D eigenvalue weighted by Crippen LogP contribution is 2.15.